The second kappa shape index (κ2) is 14.9. The highest BCUT2D eigenvalue weighted by atomic mass is 15.1. The molecule has 3 aliphatic rings. The largest absolute Gasteiger partial charge is 0.310 e. The van der Waals surface area contributed by atoms with Crippen LogP contribution in [0.15, 0.2) is 249 Å². The van der Waals surface area contributed by atoms with Crippen LogP contribution in [0.2, 0.25) is 0 Å². The molecule has 12 aromatic rings. The Morgan fingerprint density at radius 1 is 0.254 bits per heavy atom. The molecule has 12 aromatic carbocycles. The van der Waals surface area contributed by atoms with Crippen LogP contribution in [0.3, 0.4) is 0 Å². The number of fused-ring (bicyclic) bond motifs is 19. The van der Waals surface area contributed by atoms with E-state index in [1.807, 2.05) is 0 Å². The molecule has 0 saturated heterocycles. The maximum Gasteiger partial charge on any atom is 0.0726 e. The molecule has 0 N–H and O–H groups in total. The van der Waals surface area contributed by atoms with Crippen molar-refractivity contribution in [2.24, 2.45) is 0 Å². The quantitative estimate of drug-likeness (QED) is 0.156. The molecule has 0 aliphatic heterocycles. The van der Waals surface area contributed by atoms with Crippen molar-refractivity contribution >= 4 is 49.4 Å². The zero-order chi connectivity index (χ0) is 47.0. The summed E-state index contributed by atoms with van der Waals surface area (Å²) in [6.07, 6.45) is 0. The lowest BCUT2D eigenvalue weighted by atomic mass is 9.70. The Bertz CT molecular complexity index is 4130. The fourth-order valence-electron chi connectivity index (χ4n) is 13.3. The zero-order valence-electron chi connectivity index (χ0n) is 39.6. The number of nitrogens with zero attached hydrogens (tertiary/aromatic N) is 1. The van der Waals surface area contributed by atoms with Crippen LogP contribution in [0.1, 0.15) is 47.2 Å². The van der Waals surface area contributed by atoms with Crippen LogP contribution in [0.4, 0.5) is 17.1 Å². The molecule has 0 saturated carbocycles. The second-order valence-corrected chi connectivity index (χ2v) is 20.3. The summed E-state index contributed by atoms with van der Waals surface area (Å²) in [5, 5.41) is 7.56. The molecule has 0 bridgehead atoms. The first kappa shape index (κ1) is 40.1. The minimum Gasteiger partial charge on any atom is -0.310 e. The molecule has 1 heteroatoms. The average Bonchev–Trinajstić information content (AvgIpc) is 3.99. The second-order valence-electron chi connectivity index (χ2n) is 20.3. The maximum absolute atomic E-state index is 2.59. The highest BCUT2D eigenvalue weighted by molar-refractivity contribution is 6.26. The summed E-state index contributed by atoms with van der Waals surface area (Å²) in [4.78, 5) is 2.57. The van der Waals surface area contributed by atoms with Gasteiger partial charge in [0, 0.05) is 22.4 Å². The van der Waals surface area contributed by atoms with Crippen LogP contribution < -0.4 is 4.90 Å². The lowest BCUT2D eigenvalue weighted by Gasteiger charge is -2.33. The Morgan fingerprint density at radius 3 is 1.37 bits per heavy atom. The summed E-state index contributed by atoms with van der Waals surface area (Å²) in [7, 11) is 0. The summed E-state index contributed by atoms with van der Waals surface area (Å²) >= 11 is 0. The number of anilines is 3. The third-order valence-electron chi connectivity index (χ3n) is 16.4. The van der Waals surface area contributed by atoms with Crippen molar-refractivity contribution in [1.29, 1.82) is 0 Å². The number of rotatable bonds is 5. The van der Waals surface area contributed by atoms with Crippen molar-refractivity contribution in [3.63, 3.8) is 0 Å². The van der Waals surface area contributed by atoms with Gasteiger partial charge in [-0.3, -0.25) is 0 Å². The first-order valence-electron chi connectivity index (χ1n) is 25.0. The van der Waals surface area contributed by atoms with Crippen molar-refractivity contribution < 1.29 is 0 Å². The van der Waals surface area contributed by atoms with Gasteiger partial charge in [-0.15, -0.1) is 0 Å². The van der Waals surface area contributed by atoms with E-state index in [-0.39, 0.29) is 5.41 Å². The molecule has 0 atom stereocenters. The van der Waals surface area contributed by atoms with Crippen LogP contribution in [0.25, 0.3) is 88.0 Å². The highest BCUT2D eigenvalue weighted by Crippen LogP contribution is 2.64. The molecule has 332 valence electrons. The fourth-order valence-corrected chi connectivity index (χ4v) is 13.3. The third-order valence-corrected chi connectivity index (χ3v) is 16.4. The van der Waals surface area contributed by atoms with E-state index in [0.29, 0.717) is 0 Å². The monoisotopic (exact) mass is 901 g/mol. The lowest BCUT2D eigenvalue weighted by molar-refractivity contribution is 0.660. The number of hydrogen-bond donors (Lipinski definition) is 0. The molecule has 0 radical (unpaired) electrons. The molecule has 0 aromatic heterocycles. The zero-order valence-corrected chi connectivity index (χ0v) is 39.6. The van der Waals surface area contributed by atoms with Gasteiger partial charge >= 0.3 is 0 Å². The summed E-state index contributed by atoms with van der Waals surface area (Å²) in [6.45, 7) is 4.79. The van der Waals surface area contributed by atoms with Gasteiger partial charge in [-0.05, 0) is 158 Å². The van der Waals surface area contributed by atoms with Crippen LogP contribution in [0.5, 0.6) is 0 Å². The van der Waals surface area contributed by atoms with Gasteiger partial charge in [-0.2, -0.15) is 0 Å². The highest BCUT2D eigenvalue weighted by Gasteiger charge is 2.52. The van der Waals surface area contributed by atoms with E-state index in [1.54, 1.807) is 0 Å². The molecule has 0 fully saturated rings. The Hall–Kier alpha value is -8.78. The fraction of sp³-hybridized carbons (Fsp3) is 0.0571. The normalized spacial score (nSPS) is 14.0. The van der Waals surface area contributed by atoms with Gasteiger partial charge in [-0.1, -0.05) is 220 Å². The average molecular weight is 902 g/mol. The van der Waals surface area contributed by atoms with Gasteiger partial charge in [-0.25, -0.2) is 0 Å². The number of hydrogen-bond acceptors (Lipinski definition) is 1. The maximum atomic E-state index is 2.59. The molecule has 0 heterocycles. The van der Waals surface area contributed by atoms with Crippen molar-refractivity contribution in [3.05, 3.63) is 282 Å². The van der Waals surface area contributed by atoms with Gasteiger partial charge in [0.05, 0.1) is 11.1 Å². The Balaban J connectivity index is 1.08. The van der Waals surface area contributed by atoms with E-state index in [2.05, 4.69) is 267 Å². The van der Waals surface area contributed by atoms with Gasteiger partial charge in [0.15, 0.2) is 0 Å². The smallest absolute Gasteiger partial charge is 0.0726 e. The molecule has 0 amide bonds. The molecular formula is C70H47N. The van der Waals surface area contributed by atoms with Crippen LogP contribution in [-0.2, 0) is 10.8 Å². The third kappa shape index (κ3) is 5.52. The molecule has 1 nitrogen and oxygen atoms in total. The minimum atomic E-state index is -0.524. The summed E-state index contributed by atoms with van der Waals surface area (Å²) in [6, 6.07) is 93.9. The van der Waals surface area contributed by atoms with E-state index in [9.17, 15) is 0 Å². The van der Waals surface area contributed by atoms with E-state index >= 15 is 0 Å². The SMILES string of the molecule is CC1(C)c2ccccc2-c2ccc(-c3cc4c(cc3N(c3cccc(-c5ccccc5)c3)c3ccc5c6ccccc6c6ccccc6c5c3)C3(c5ccccc5-c5ccccc53)c3ccccc3-4)cc21. The summed E-state index contributed by atoms with van der Waals surface area (Å²) in [5.41, 5.74) is 23.3. The van der Waals surface area contributed by atoms with E-state index in [0.717, 1.165) is 17.1 Å². The first-order valence-corrected chi connectivity index (χ1v) is 25.0. The van der Waals surface area contributed by atoms with Gasteiger partial charge in [0.25, 0.3) is 0 Å². The van der Waals surface area contributed by atoms with E-state index in [4.69, 9.17) is 0 Å². The van der Waals surface area contributed by atoms with Crippen LogP contribution in [0, 0.1) is 0 Å². The van der Waals surface area contributed by atoms with E-state index < -0.39 is 5.41 Å². The van der Waals surface area contributed by atoms with Crippen molar-refractivity contribution in [2.45, 2.75) is 24.7 Å². The topological polar surface area (TPSA) is 3.24 Å². The molecule has 15 rings (SSSR count). The Morgan fingerprint density at radius 2 is 0.732 bits per heavy atom. The summed E-state index contributed by atoms with van der Waals surface area (Å²) in [5.74, 6) is 0. The number of benzene rings is 12. The van der Waals surface area contributed by atoms with Gasteiger partial charge < -0.3 is 4.90 Å². The van der Waals surface area contributed by atoms with Crippen molar-refractivity contribution in [2.75, 3.05) is 4.90 Å². The van der Waals surface area contributed by atoms with Crippen LogP contribution >= 0.6 is 0 Å². The predicted molar refractivity (Wildman–Crippen MR) is 298 cm³/mol. The van der Waals surface area contributed by atoms with Gasteiger partial charge in [0.1, 0.15) is 0 Å². The molecule has 71 heavy (non-hydrogen) atoms. The lowest BCUT2D eigenvalue weighted by Crippen LogP contribution is -2.26. The van der Waals surface area contributed by atoms with E-state index in [1.165, 1.54) is 121 Å². The molecule has 0 unspecified atom stereocenters. The predicted octanol–water partition coefficient (Wildman–Crippen LogP) is 18.6. The van der Waals surface area contributed by atoms with Crippen LogP contribution in [-0.4, -0.2) is 0 Å². The Labute approximate surface area is 414 Å². The minimum absolute atomic E-state index is 0.168. The Kier molecular flexibility index (Phi) is 8.40. The molecule has 3 aliphatic carbocycles. The van der Waals surface area contributed by atoms with Crippen molar-refractivity contribution in [3.8, 4) is 55.6 Å². The standard InChI is InChI=1S/C70H47N/c1-69(2)62-31-14-10-27-54(62)58-37-35-46(40-66(58)69)59-42-61-57-30-13-17-34-65(57)70(63-32-15-11-28-55(63)56-29-12-16-33-64(56)70)67(61)43-68(59)71(47-22-18-21-45(39-47)44-19-4-3-5-20-44)48-36-38-53-51-25-7-6-23-49(51)50-24-8-9-26-52(50)60(53)41-48/h3-43H,1-2H3. The first-order chi connectivity index (χ1) is 35.0. The summed E-state index contributed by atoms with van der Waals surface area (Å²) < 4.78 is 0. The molecular weight excluding hydrogens is 855 g/mol. The molecule has 1 spiro atoms. The van der Waals surface area contributed by atoms with Crippen molar-refractivity contribution in [1.82, 2.24) is 0 Å². The van der Waals surface area contributed by atoms with Gasteiger partial charge in [0.2, 0.25) is 0 Å².